The monoisotopic (exact) mass is 525 g/mol. The van der Waals surface area contributed by atoms with Crippen LogP contribution in [0.5, 0.6) is 5.75 Å². The molecule has 39 heavy (non-hydrogen) atoms. The van der Waals surface area contributed by atoms with Gasteiger partial charge >= 0.3 is 11.9 Å². The van der Waals surface area contributed by atoms with Gasteiger partial charge in [-0.25, -0.2) is 0 Å². The third kappa shape index (κ3) is 7.84. The maximum atomic E-state index is 11.5. The number of aliphatic carboxylic acids is 2. The lowest BCUT2D eigenvalue weighted by molar-refractivity contribution is -0.137. The Morgan fingerprint density at radius 1 is 0.872 bits per heavy atom. The molecular formula is C33H35NO5. The summed E-state index contributed by atoms with van der Waals surface area (Å²) in [5.74, 6) is -0.943. The molecule has 4 rings (SSSR count). The number of fused-ring (bicyclic) bond motifs is 1. The van der Waals surface area contributed by atoms with Crippen molar-refractivity contribution >= 4 is 35.0 Å². The molecule has 0 fully saturated rings. The van der Waals surface area contributed by atoms with Gasteiger partial charge in [-0.1, -0.05) is 74.0 Å². The number of aryl methyl sites for hydroxylation is 2. The topological polar surface area (TPSA) is 88.8 Å². The van der Waals surface area contributed by atoms with E-state index in [9.17, 15) is 14.7 Å². The van der Waals surface area contributed by atoms with E-state index in [-0.39, 0.29) is 12.8 Å². The molecule has 202 valence electrons. The highest BCUT2D eigenvalue weighted by atomic mass is 16.5. The lowest BCUT2D eigenvalue weighted by atomic mass is 10.0. The number of nitrogens with zero attached hydrogens (tertiary/aromatic N) is 1. The van der Waals surface area contributed by atoms with E-state index < -0.39 is 11.9 Å². The van der Waals surface area contributed by atoms with Crippen LogP contribution in [0.2, 0.25) is 0 Å². The van der Waals surface area contributed by atoms with Crippen LogP contribution in [0.1, 0.15) is 60.4 Å². The predicted molar refractivity (Wildman–Crippen MR) is 155 cm³/mol. The van der Waals surface area contributed by atoms with Crippen LogP contribution >= 0.6 is 0 Å². The number of benzene rings is 3. The van der Waals surface area contributed by atoms with E-state index in [2.05, 4.69) is 31.2 Å². The molecule has 0 amide bonds. The fourth-order valence-corrected chi connectivity index (χ4v) is 4.70. The molecule has 0 unspecified atom stereocenters. The van der Waals surface area contributed by atoms with E-state index in [4.69, 9.17) is 9.84 Å². The fraction of sp³-hybridized carbons (Fsp3) is 0.273. The fourth-order valence-electron chi connectivity index (χ4n) is 4.70. The molecule has 4 aromatic rings. The smallest absolute Gasteiger partial charge is 0.307 e. The van der Waals surface area contributed by atoms with Gasteiger partial charge in [0.15, 0.2) is 0 Å². The highest BCUT2D eigenvalue weighted by Gasteiger charge is 2.14. The van der Waals surface area contributed by atoms with Crippen molar-refractivity contribution in [3.63, 3.8) is 0 Å². The second-order valence-electron chi connectivity index (χ2n) is 9.77. The Kier molecular flexibility index (Phi) is 9.57. The van der Waals surface area contributed by atoms with Crippen molar-refractivity contribution in [2.24, 2.45) is 0 Å². The maximum Gasteiger partial charge on any atom is 0.307 e. The molecule has 6 heteroatoms. The predicted octanol–water partition coefficient (Wildman–Crippen LogP) is 7.23. The van der Waals surface area contributed by atoms with Crippen LogP contribution in [-0.4, -0.2) is 26.7 Å². The van der Waals surface area contributed by atoms with Crippen molar-refractivity contribution in [2.75, 3.05) is 0 Å². The van der Waals surface area contributed by atoms with Gasteiger partial charge in [-0.2, -0.15) is 0 Å². The summed E-state index contributed by atoms with van der Waals surface area (Å²) in [6, 6.07) is 22.3. The first-order chi connectivity index (χ1) is 18.9. The molecule has 0 saturated heterocycles. The Hall–Kier alpha value is -4.32. The van der Waals surface area contributed by atoms with Crippen LogP contribution < -0.4 is 4.74 Å². The van der Waals surface area contributed by atoms with Crippen LogP contribution in [0.25, 0.3) is 23.1 Å². The number of hydrogen-bond acceptors (Lipinski definition) is 3. The van der Waals surface area contributed by atoms with Gasteiger partial charge in [-0.15, -0.1) is 0 Å². The quantitative estimate of drug-likeness (QED) is 0.170. The van der Waals surface area contributed by atoms with Crippen molar-refractivity contribution in [2.45, 2.75) is 58.6 Å². The molecule has 0 aliphatic rings. The zero-order chi connectivity index (χ0) is 27.6. The van der Waals surface area contributed by atoms with Crippen molar-refractivity contribution < 1.29 is 24.5 Å². The number of aromatic nitrogens is 1. The Bertz CT molecular complexity index is 1430. The molecule has 1 aromatic heterocycles. The summed E-state index contributed by atoms with van der Waals surface area (Å²) in [6.07, 6.45) is 9.79. The maximum absolute atomic E-state index is 11.5. The average molecular weight is 526 g/mol. The zero-order valence-electron chi connectivity index (χ0n) is 22.3. The van der Waals surface area contributed by atoms with Crippen molar-refractivity contribution in [3.8, 4) is 5.75 Å². The van der Waals surface area contributed by atoms with Gasteiger partial charge in [0.1, 0.15) is 12.4 Å². The second-order valence-corrected chi connectivity index (χ2v) is 9.77. The first-order valence-electron chi connectivity index (χ1n) is 13.5. The summed E-state index contributed by atoms with van der Waals surface area (Å²) in [4.78, 5) is 22.5. The Morgan fingerprint density at radius 2 is 1.62 bits per heavy atom. The Morgan fingerprint density at radius 3 is 2.31 bits per heavy atom. The molecule has 0 aliphatic heterocycles. The number of carboxylic acids is 2. The standard InChI is InChI=1S/C33H35NO5/c1-2-3-6-24-10-12-26(13-11-24)23-39-29-18-15-25(16-19-29)14-17-27-7-4-8-30-33(27)28(21-32(37)38)22-34(30)20-5-9-31(35)36/h4,7-8,10-19,22H,2-3,5-6,9,20-21,23H2,1H3,(H,35,36)(H,37,38)/b17-14+. The summed E-state index contributed by atoms with van der Waals surface area (Å²) in [5, 5.41) is 19.3. The molecule has 0 bridgehead atoms. The number of carbonyl (C=O) groups is 2. The van der Waals surface area contributed by atoms with Crippen LogP contribution in [0, 0.1) is 0 Å². The first-order valence-corrected chi connectivity index (χ1v) is 13.5. The third-order valence-corrected chi connectivity index (χ3v) is 6.73. The van der Waals surface area contributed by atoms with Crippen molar-refractivity contribution in [1.29, 1.82) is 0 Å². The minimum Gasteiger partial charge on any atom is -0.489 e. The van der Waals surface area contributed by atoms with Gasteiger partial charge in [-0.05, 0) is 65.3 Å². The van der Waals surface area contributed by atoms with Gasteiger partial charge in [-0.3, -0.25) is 9.59 Å². The van der Waals surface area contributed by atoms with E-state index in [0.717, 1.165) is 45.3 Å². The minimum absolute atomic E-state index is 0.0680. The number of rotatable bonds is 14. The van der Waals surface area contributed by atoms with Gasteiger partial charge < -0.3 is 19.5 Å². The number of ether oxygens (including phenoxy) is 1. The normalized spacial score (nSPS) is 11.3. The SMILES string of the molecule is CCCCc1ccc(COc2ccc(/C=C/c3cccc4c3c(CC(=O)O)cn4CCCC(=O)O)cc2)cc1. The van der Waals surface area contributed by atoms with E-state index in [1.165, 1.54) is 18.4 Å². The van der Waals surface area contributed by atoms with Gasteiger partial charge in [0.2, 0.25) is 0 Å². The molecular weight excluding hydrogens is 490 g/mol. The molecule has 1 heterocycles. The van der Waals surface area contributed by atoms with E-state index in [1.807, 2.05) is 65.4 Å². The van der Waals surface area contributed by atoms with Crippen molar-refractivity contribution in [1.82, 2.24) is 4.57 Å². The second kappa shape index (κ2) is 13.5. The first kappa shape index (κ1) is 27.7. The van der Waals surface area contributed by atoms with Gasteiger partial charge in [0, 0.05) is 30.1 Å². The summed E-state index contributed by atoms with van der Waals surface area (Å²) in [7, 11) is 0. The summed E-state index contributed by atoms with van der Waals surface area (Å²) in [5.41, 5.74) is 6.04. The molecule has 0 atom stereocenters. The van der Waals surface area contributed by atoms with E-state index in [1.54, 1.807) is 0 Å². The summed E-state index contributed by atoms with van der Waals surface area (Å²) < 4.78 is 7.93. The largest absolute Gasteiger partial charge is 0.489 e. The average Bonchev–Trinajstić information content (AvgIpc) is 3.27. The van der Waals surface area contributed by atoms with Crippen LogP contribution in [0.15, 0.2) is 72.9 Å². The van der Waals surface area contributed by atoms with Gasteiger partial charge in [0.05, 0.1) is 6.42 Å². The molecule has 0 saturated carbocycles. The Labute approximate surface area is 229 Å². The van der Waals surface area contributed by atoms with Crippen LogP contribution in [-0.2, 0) is 35.6 Å². The van der Waals surface area contributed by atoms with E-state index >= 15 is 0 Å². The Balaban J connectivity index is 1.45. The third-order valence-electron chi connectivity index (χ3n) is 6.73. The minimum atomic E-state index is -0.901. The molecule has 6 nitrogen and oxygen atoms in total. The lowest BCUT2D eigenvalue weighted by Gasteiger charge is -2.08. The molecule has 3 aromatic carbocycles. The lowest BCUT2D eigenvalue weighted by Crippen LogP contribution is -2.01. The number of unbranched alkanes of at least 4 members (excludes halogenated alkanes) is 1. The van der Waals surface area contributed by atoms with Gasteiger partial charge in [0.25, 0.3) is 0 Å². The molecule has 0 aliphatic carbocycles. The molecule has 2 N–H and O–H groups in total. The van der Waals surface area contributed by atoms with Crippen molar-refractivity contribution in [3.05, 3.63) is 101 Å². The highest BCUT2D eigenvalue weighted by Crippen LogP contribution is 2.28. The van der Waals surface area contributed by atoms with Crippen LogP contribution in [0.3, 0.4) is 0 Å². The highest BCUT2D eigenvalue weighted by molar-refractivity contribution is 5.96. The number of carboxylic acid groups (broad SMARTS) is 2. The number of hydrogen-bond donors (Lipinski definition) is 2. The van der Waals surface area contributed by atoms with E-state index in [0.29, 0.717) is 19.6 Å². The molecule has 0 spiro atoms. The zero-order valence-corrected chi connectivity index (χ0v) is 22.3. The molecule has 0 radical (unpaired) electrons. The van der Waals surface area contributed by atoms with Crippen LogP contribution in [0.4, 0.5) is 0 Å². The summed E-state index contributed by atoms with van der Waals surface area (Å²) in [6.45, 7) is 3.23. The summed E-state index contributed by atoms with van der Waals surface area (Å²) >= 11 is 0.